The molecule has 128 valence electrons. The number of ether oxygens (including phenoxy) is 1. The van der Waals surface area contributed by atoms with Crippen molar-refractivity contribution in [3.63, 3.8) is 0 Å². The number of hydrogen-bond acceptors (Lipinski definition) is 4. The van der Waals surface area contributed by atoms with Crippen LogP contribution >= 0.6 is 0 Å². The van der Waals surface area contributed by atoms with Gasteiger partial charge >= 0.3 is 0 Å². The second-order valence-corrected chi connectivity index (χ2v) is 8.31. The van der Waals surface area contributed by atoms with Crippen LogP contribution in [0.4, 0.5) is 0 Å². The molecule has 2 saturated heterocycles. The topological polar surface area (TPSA) is 58.6 Å². The summed E-state index contributed by atoms with van der Waals surface area (Å²) in [6.07, 6.45) is 2.32. The Bertz CT molecular complexity index is 832. The summed E-state index contributed by atoms with van der Waals surface area (Å²) in [4.78, 5) is 2.75. The van der Waals surface area contributed by atoms with Gasteiger partial charge < -0.3 is 4.74 Å². The minimum absolute atomic E-state index is 0.0795. The molecule has 2 aromatic rings. The summed E-state index contributed by atoms with van der Waals surface area (Å²) in [7, 11) is -3.56. The van der Waals surface area contributed by atoms with Crippen LogP contribution in [-0.2, 0) is 14.8 Å². The van der Waals surface area contributed by atoms with E-state index >= 15 is 0 Å². The molecule has 0 radical (unpaired) electrons. The van der Waals surface area contributed by atoms with Crippen molar-refractivity contribution in [3.05, 3.63) is 42.5 Å². The zero-order valence-corrected chi connectivity index (χ0v) is 14.3. The minimum Gasteiger partial charge on any atom is -0.374 e. The van der Waals surface area contributed by atoms with Crippen molar-refractivity contribution in [2.75, 3.05) is 26.2 Å². The predicted octanol–water partition coefficient (Wildman–Crippen LogP) is 1.98. The number of morpholine rings is 1. The van der Waals surface area contributed by atoms with Gasteiger partial charge in [0.2, 0.25) is 10.0 Å². The molecule has 0 unspecified atom stereocenters. The first-order valence-electron chi connectivity index (χ1n) is 8.46. The Morgan fingerprint density at radius 1 is 1.17 bits per heavy atom. The molecule has 0 aliphatic carbocycles. The van der Waals surface area contributed by atoms with E-state index in [9.17, 15) is 8.42 Å². The normalized spacial score (nSPS) is 25.0. The van der Waals surface area contributed by atoms with Crippen molar-refractivity contribution in [1.82, 2.24) is 9.62 Å². The van der Waals surface area contributed by atoms with Gasteiger partial charge in [-0.15, -0.1) is 0 Å². The Hall–Kier alpha value is -1.47. The third-order valence-electron chi connectivity index (χ3n) is 5.00. The summed E-state index contributed by atoms with van der Waals surface area (Å²) in [5, 5.41) is 1.67. The van der Waals surface area contributed by atoms with E-state index in [4.69, 9.17) is 4.74 Å². The highest BCUT2D eigenvalue weighted by Gasteiger charge is 2.32. The van der Waals surface area contributed by atoms with Crippen LogP contribution < -0.4 is 4.72 Å². The van der Waals surface area contributed by atoms with Gasteiger partial charge in [-0.3, -0.25) is 4.90 Å². The van der Waals surface area contributed by atoms with Crippen molar-refractivity contribution in [1.29, 1.82) is 0 Å². The third kappa shape index (κ3) is 3.07. The van der Waals surface area contributed by atoms with E-state index in [2.05, 4.69) is 9.62 Å². The molecular formula is C18H22N2O3S. The highest BCUT2D eigenvalue weighted by molar-refractivity contribution is 7.89. The molecule has 2 atom stereocenters. The zero-order chi connectivity index (χ0) is 16.6. The second-order valence-electron chi connectivity index (χ2n) is 6.58. The molecule has 2 fully saturated rings. The molecule has 2 heterocycles. The summed E-state index contributed by atoms with van der Waals surface area (Å²) in [5.41, 5.74) is 0. The molecule has 4 rings (SSSR count). The van der Waals surface area contributed by atoms with Crippen LogP contribution in [0, 0.1) is 0 Å². The lowest BCUT2D eigenvalue weighted by atomic mass is 10.1. The van der Waals surface area contributed by atoms with E-state index in [1.807, 2.05) is 30.3 Å². The average Bonchev–Trinajstić information content (AvgIpc) is 3.07. The van der Waals surface area contributed by atoms with Gasteiger partial charge in [0.05, 0.1) is 17.6 Å². The summed E-state index contributed by atoms with van der Waals surface area (Å²) in [5.74, 6) is 0. The van der Waals surface area contributed by atoms with Crippen molar-refractivity contribution in [3.8, 4) is 0 Å². The van der Waals surface area contributed by atoms with Gasteiger partial charge in [0, 0.05) is 24.5 Å². The average molecular weight is 346 g/mol. The van der Waals surface area contributed by atoms with Gasteiger partial charge in [0.15, 0.2) is 0 Å². The fourth-order valence-corrected chi connectivity index (χ4v) is 5.01. The maximum Gasteiger partial charge on any atom is 0.241 e. The van der Waals surface area contributed by atoms with Gasteiger partial charge in [-0.25, -0.2) is 13.1 Å². The van der Waals surface area contributed by atoms with E-state index in [0.717, 1.165) is 23.9 Å². The molecule has 5 nitrogen and oxygen atoms in total. The lowest BCUT2D eigenvalue weighted by Gasteiger charge is -2.35. The molecule has 0 amide bonds. The summed E-state index contributed by atoms with van der Waals surface area (Å²) in [6.45, 7) is 2.93. The van der Waals surface area contributed by atoms with Crippen molar-refractivity contribution in [2.45, 2.75) is 29.9 Å². The SMILES string of the molecule is O=S(=O)(NC[C@@H]1CN2CCC[C@@H]2CO1)c1cccc2ccccc12. The standard InChI is InChI=1S/C18H22N2O3S/c21-24(22,18-9-3-6-14-5-1-2-8-17(14)18)19-11-16-12-20-10-4-7-15(20)13-23-16/h1-3,5-6,8-9,15-16,19H,4,7,10-13H2/t15-,16-/m1/s1. The molecule has 2 aliphatic rings. The van der Waals surface area contributed by atoms with Crippen molar-refractivity contribution in [2.24, 2.45) is 0 Å². The highest BCUT2D eigenvalue weighted by atomic mass is 32.2. The molecule has 0 spiro atoms. The number of nitrogens with one attached hydrogen (secondary N) is 1. The van der Waals surface area contributed by atoms with E-state index in [1.165, 1.54) is 12.8 Å². The number of hydrogen-bond donors (Lipinski definition) is 1. The first-order chi connectivity index (χ1) is 11.6. The minimum atomic E-state index is -3.56. The fourth-order valence-electron chi connectivity index (χ4n) is 3.72. The number of benzene rings is 2. The van der Waals surface area contributed by atoms with Gasteiger partial charge in [-0.1, -0.05) is 36.4 Å². The summed E-state index contributed by atoms with van der Waals surface area (Å²) < 4.78 is 34.1. The molecule has 2 aromatic carbocycles. The fraction of sp³-hybridized carbons (Fsp3) is 0.444. The molecule has 2 aliphatic heterocycles. The first kappa shape index (κ1) is 16.0. The molecule has 0 aromatic heterocycles. The second kappa shape index (κ2) is 6.44. The highest BCUT2D eigenvalue weighted by Crippen LogP contribution is 2.24. The molecule has 24 heavy (non-hydrogen) atoms. The lowest BCUT2D eigenvalue weighted by Crippen LogP contribution is -2.50. The Labute approximate surface area is 142 Å². The first-order valence-corrected chi connectivity index (χ1v) is 9.95. The maximum absolute atomic E-state index is 12.7. The Kier molecular flexibility index (Phi) is 4.30. The Balaban J connectivity index is 1.49. The third-order valence-corrected chi connectivity index (χ3v) is 6.48. The van der Waals surface area contributed by atoms with Gasteiger partial charge in [-0.2, -0.15) is 0 Å². The Morgan fingerprint density at radius 2 is 2.00 bits per heavy atom. The number of rotatable bonds is 4. The zero-order valence-electron chi connectivity index (χ0n) is 13.5. The Morgan fingerprint density at radius 3 is 2.92 bits per heavy atom. The smallest absolute Gasteiger partial charge is 0.241 e. The van der Waals surface area contributed by atoms with E-state index in [1.54, 1.807) is 12.1 Å². The molecular weight excluding hydrogens is 324 g/mol. The van der Waals surface area contributed by atoms with Crippen LogP contribution in [0.5, 0.6) is 0 Å². The summed E-state index contributed by atoms with van der Waals surface area (Å²) >= 11 is 0. The van der Waals surface area contributed by atoms with Crippen molar-refractivity contribution < 1.29 is 13.2 Å². The quantitative estimate of drug-likeness (QED) is 0.920. The number of nitrogens with zero attached hydrogens (tertiary/aromatic N) is 1. The van der Waals surface area contributed by atoms with Crippen LogP contribution in [0.25, 0.3) is 10.8 Å². The van der Waals surface area contributed by atoms with Gasteiger partial charge in [-0.05, 0) is 30.8 Å². The summed E-state index contributed by atoms with van der Waals surface area (Å²) in [6, 6.07) is 13.4. The van der Waals surface area contributed by atoms with E-state index < -0.39 is 10.0 Å². The van der Waals surface area contributed by atoms with Crippen LogP contribution in [0.3, 0.4) is 0 Å². The van der Waals surface area contributed by atoms with Crippen LogP contribution in [-0.4, -0.2) is 51.7 Å². The molecule has 6 heteroatoms. The van der Waals surface area contributed by atoms with Gasteiger partial charge in [0.1, 0.15) is 0 Å². The molecule has 0 saturated carbocycles. The number of sulfonamides is 1. The molecule has 0 bridgehead atoms. The van der Waals surface area contributed by atoms with Crippen LogP contribution in [0.2, 0.25) is 0 Å². The molecule has 1 N–H and O–H groups in total. The maximum atomic E-state index is 12.7. The van der Waals surface area contributed by atoms with E-state index in [0.29, 0.717) is 24.1 Å². The van der Waals surface area contributed by atoms with Crippen molar-refractivity contribution >= 4 is 20.8 Å². The lowest BCUT2D eigenvalue weighted by molar-refractivity contribution is -0.0448. The van der Waals surface area contributed by atoms with Gasteiger partial charge in [0.25, 0.3) is 0 Å². The number of fused-ring (bicyclic) bond motifs is 2. The monoisotopic (exact) mass is 346 g/mol. The van der Waals surface area contributed by atoms with Crippen LogP contribution in [0.1, 0.15) is 12.8 Å². The van der Waals surface area contributed by atoms with E-state index in [-0.39, 0.29) is 6.10 Å². The van der Waals surface area contributed by atoms with Crippen LogP contribution in [0.15, 0.2) is 47.4 Å². The largest absolute Gasteiger partial charge is 0.374 e. The predicted molar refractivity (Wildman–Crippen MR) is 93.5 cm³/mol.